The minimum atomic E-state index is -5.08. The lowest BCUT2D eigenvalue weighted by Gasteiger charge is -2.10. The molecule has 0 aromatic carbocycles. The number of carboxylic acids is 1. The molecular weight excluding hydrogens is 349 g/mol. The van der Waals surface area contributed by atoms with Gasteiger partial charge in [0.1, 0.15) is 5.52 Å². The molecule has 1 aliphatic rings. The van der Waals surface area contributed by atoms with Crippen molar-refractivity contribution in [3.05, 3.63) is 23.0 Å². The molecule has 24 heavy (non-hydrogen) atoms. The van der Waals surface area contributed by atoms with Crippen LogP contribution in [-0.4, -0.2) is 38.5 Å². The first-order valence-corrected chi connectivity index (χ1v) is 7.68. The van der Waals surface area contributed by atoms with Crippen LogP contribution in [0, 0.1) is 0 Å². The zero-order valence-corrected chi connectivity index (χ0v) is 13.3. The molecule has 0 atom stereocenters. The van der Waals surface area contributed by atoms with E-state index >= 15 is 0 Å². The van der Waals surface area contributed by atoms with E-state index in [0.717, 1.165) is 23.1 Å². The molecule has 0 aliphatic heterocycles. The molecule has 1 saturated carbocycles. The summed E-state index contributed by atoms with van der Waals surface area (Å²) in [4.78, 5) is 12.1. The third kappa shape index (κ3) is 5.07. The summed E-state index contributed by atoms with van der Waals surface area (Å²) in [7, 11) is 0. The number of fused-ring (bicyclic) bond motifs is 1. The average Bonchev–Trinajstić information content (AvgIpc) is 3.13. The second-order valence-electron chi connectivity index (χ2n) is 5.41. The molecule has 132 valence electrons. The summed E-state index contributed by atoms with van der Waals surface area (Å²) in [6.45, 7) is 0.848. The Labute approximate surface area is 140 Å². The van der Waals surface area contributed by atoms with E-state index in [1.165, 1.54) is 25.7 Å². The Morgan fingerprint density at radius 2 is 2.00 bits per heavy atom. The number of aromatic nitrogens is 3. The van der Waals surface area contributed by atoms with Gasteiger partial charge in [0, 0.05) is 30.4 Å². The molecule has 0 unspecified atom stereocenters. The van der Waals surface area contributed by atoms with Crippen molar-refractivity contribution >= 4 is 28.6 Å². The fourth-order valence-electron chi connectivity index (χ4n) is 2.47. The van der Waals surface area contributed by atoms with Gasteiger partial charge in [0.15, 0.2) is 5.15 Å². The van der Waals surface area contributed by atoms with Crippen molar-refractivity contribution in [2.45, 2.75) is 44.4 Å². The van der Waals surface area contributed by atoms with Crippen LogP contribution >= 0.6 is 11.6 Å². The number of nitrogens with zero attached hydrogens (tertiary/aromatic N) is 2. The Kier molecular flexibility index (Phi) is 6.00. The van der Waals surface area contributed by atoms with E-state index in [1.807, 2.05) is 12.3 Å². The third-order valence-electron chi connectivity index (χ3n) is 3.65. The quantitative estimate of drug-likeness (QED) is 0.777. The topological polar surface area (TPSA) is 90.9 Å². The second kappa shape index (κ2) is 7.80. The standard InChI is InChI=1S/C12H15ClN4.C2HF3O2/c13-11-5-10-12(17-16-11)8(7-15-10)6-14-9-3-1-2-4-9;3-2(4,5)1(6)7/h5,7,9,14-15H,1-4,6H2;(H,6,7). The van der Waals surface area contributed by atoms with Crippen LogP contribution in [0.1, 0.15) is 31.2 Å². The first kappa shape index (κ1) is 18.5. The maximum atomic E-state index is 10.6. The maximum Gasteiger partial charge on any atom is 0.490 e. The molecule has 3 rings (SSSR count). The number of carbonyl (C=O) groups is 1. The Morgan fingerprint density at radius 1 is 1.38 bits per heavy atom. The van der Waals surface area contributed by atoms with Crippen LogP contribution < -0.4 is 5.32 Å². The molecule has 2 aromatic heterocycles. The van der Waals surface area contributed by atoms with Crippen LogP contribution in [0.4, 0.5) is 13.2 Å². The fraction of sp³-hybridized carbons (Fsp3) is 0.500. The number of hydrogen-bond donors (Lipinski definition) is 3. The molecule has 0 radical (unpaired) electrons. The van der Waals surface area contributed by atoms with Gasteiger partial charge in [0.2, 0.25) is 0 Å². The van der Waals surface area contributed by atoms with Crippen molar-refractivity contribution in [2.75, 3.05) is 0 Å². The van der Waals surface area contributed by atoms with E-state index in [4.69, 9.17) is 21.5 Å². The van der Waals surface area contributed by atoms with Crippen molar-refractivity contribution in [3.8, 4) is 0 Å². The summed E-state index contributed by atoms with van der Waals surface area (Å²) < 4.78 is 31.7. The zero-order valence-electron chi connectivity index (χ0n) is 12.5. The molecule has 1 fully saturated rings. The summed E-state index contributed by atoms with van der Waals surface area (Å²) in [5.41, 5.74) is 3.03. The van der Waals surface area contributed by atoms with Gasteiger partial charge in [-0.3, -0.25) is 0 Å². The highest BCUT2D eigenvalue weighted by Crippen LogP contribution is 2.20. The second-order valence-corrected chi connectivity index (χ2v) is 5.80. The summed E-state index contributed by atoms with van der Waals surface area (Å²) in [6.07, 6.45) is 2.18. The minimum absolute atomic E-state index is 0.426. The summed E-state index contributed by atoms with van der Waals surface area (Å²) in [5.74, 6) is -2.76. The molecule has 2 aromatic rings. The largest absolute Gasteiger partial charge is 0.490 e. The molecular formula is C14H16ClF3N4O2. The van der Waals surface area contributed by atoms with Crippen molar-refractivity contribution in [3.63, 3.8) is 0 Å². The Morgan fingerprint density at radius 3 is 2.58 bits per heavy atom. The molecule has 2 heterocycles. The molecule has 3 N–H and O–H groups in total. The van der Waals surface area contributed by atoms with E-state index in [9.17, 15) is 13.2 Å². The van der Waals surface area contributed by atoms with Crippen LogP contribution in [-0.2, 0) is 11.3 Å². The molecule has 0 bridgehead atoms. The first-order valence-electron chi connectivity index (χ1n) is 7.30. The van der Waals surface area contributed by atoms with E-state index in [2.05, 4.69) is 20.5 Å². The van der Waals surface area contributed by atoms with Gasteiger partial charge in [-0.15, -0.1) is 10.2 Å². The average molecular weight is 365 g/mol. The van der Waals surface area contributed by atoms with Gasteiger partial charge in [-0.05, 0) is 12.8 Å². The van der Waals surface area contributed by atoms with Gasteiger partial charge in [0.25, 0.3) is 0 Å². The number of aliphatic carboxylic acids is 1. The number of alkyl halides is 3. The maximum absolute atomic E-state index is 10.6. The van der Waals surface area contributed by atoms with E-state index in [-0.39, 0.29) is 0 Å². The van der Waals surface area contributed by atoms with Crippen LogP contribution in [0.25, 0.3) is 11.0 Å². The fourth-order valence-corrected chi connectivity index (χ4v) is 2.61. The highest BCUT2D eigenvalue weighted by molar-refractivity contribution is 6.29. The van der Waals surface area contributed by atoms with Gasteiger partial charge < -0.3 is 15.4 Å². The van der Waals surface area contributed by atoms with Crippen molar-refractivity contribution in [1.29, 1.82) is 0 Å². The molecule has 0 spiro atoms. The molecule has 6 nitrogen and oxygen atoms in total. The number of H-pyrrole nitrogens is 1. The Hall–Kier alpha value is -1.87. The van der Waals surface area contributed by atoms with Crippen molar-refractivity contribution < 1.29 is 23.1 Å². The highest BCUT2D eigenvalue weighted by Gasteiger charge is 2.38. The monoisotopic (exact) mass is 364 g/mol. The van der Waals surface area contributed by atoms with E-state index < -0.39 is 12.1 Å². The SMILES string of the molecule is Clc1cc2[nH]cc(CNC3CCCC3)c2nn1.O=C(O)C(F)(F)F. The number of aromatic amines is 1. The number of rotatable bonds is 3. The van der Waals surface area contributed by atoms with E-state index in [0.29, 0.717) is 11.2 Å². The molecule has 1 aliphatic carbocycles. The van der Waals surface area contributed by atoms with Crippen LogP contribution in [0.15, 0.2) is 12.3 Å². The minimum Gasteiger partial charge on any atom is -0.475 e. The van der Waals surface area contributed by atoms with Crippen LogP contribution in [0.5, 0.6) is 0 Å². The Bertz CT molecular complexity index is 699. The summed E-state index contributed by atoms with van der Waals surface area (Å²) in [5, 5.41) is 19.1. The van der Waals surface area contributed by atoms with Gasteiger partial charge in [0.05, 0.1) is 5.52 Å². The number of carboxylic acid groups (broad SMARTS) is 1. The number of nitrogens with one attached hydrogen (secondary N) is 2. The van der Waals surface area contributed by atoms with Crippen molar-refractivity contribution in [2.24, 2.45) is 0 Å². The summed E-state index contributed by atoms with van der Waals surface area (Å²) in [6, 6.07) is 2.48. The lowest BCUT2D eigenvalue weighted by molar-refractivity contribution is -0.192. The zero-order chi connectivity index (χ0) is 17.7. The molecule has 0 amide bonds. The lowest BCUT2D eigenvalue weighted by atomic mass is 10.2. The molecule has 10 heteroatoms. The first-order chi connectivity index (χ1) is 11.3. The Balaban J connectivity index is 0.000000256. The van der Waals surface area contributed by atoms with Gasteiger partial charge in [-0.2, -0.15) is 13.2 Å². The van der Waals surface area contributed by atoms with Crippen molar-refractivity contribution in [1.82, 2.24) is 20.5 Å². The van der Waals surface area contributed by atoms with Gasteiger partial charge in [-0.1, -0.05) is 24.4 Å². The number of halogens is 4. The highest BCUT2D eigenvalue weighted by atomic mass is 35.5. The lowest BCUT2D eigenvalue weighted by Crippen LogP contribution is -2.25. The number of hydrogen-bond acceptors (Lipinski definition) is 4. The van der Waals surface area contributed by atoms with Gasteiger partial charge in [-0.25, -0.2) is 4.79 Å². The van der Waals surface area contributed by atoms with Crippen LogP contribution in [0.3, 0.4) is 0 Å². The van der Waals surface area contributed by atoms with Gasteiger partial charge >= 0.3 is 12.1 Å². The molecule has 0 saturated heterocycles. The normalized spacial score (nSPS) is 15.3. The van der Waals surface area contributed by atoms with E-state index in [1.54, 1.807) is 0 Å². The summed E-state index contributed by atoms with van der Waals surface area (Å²) >= 11 is 5.80. The predicted octanol–water partition coefficient (Wildman–Crippen LogP) is 3.28. The van der Waals surface area contributed by atoms with Crippen LogP contribution in [0.2, 0.25) is 5.15 Å². The smallest absolute Gasteiger partial charge is 0.475 e. The predicted molar refractivity (Wildman–Crippen MR) is 81.7 cm³/mol. The third-order valence-corrected chi connectivity index (χ3v) is 3.83.